The zero-order chi connectivity index (χ0) is 18.7. The smallest absolute Gasteiger partial charge is 0.255 e. The second-order valence-electron chi connectivity index (χ2n) is 6.14. The summed E-state index contributed by atoms with van der Waals surface area (Å²) in [6.45, 7) is 3.20. The Hall–Kier alpha value is -2.18. The van der Waals surface area contributed by atoms with Crippen molar-refractivity contribution in [3.05, 3.63) is 64.2 Å². The third-order valence-corrected chi connectivity index (χ3v) is 4.65. The number of para-hydroxylation sites is 1. The summed E-state index contributed by atoms with van der Waals surface area (Å²) in [5.41, 5.74) is 1.94. The summed E-state index contributed by atoms with van der Waals surface area (Å²) in [6, 6.07) is 9.46. The number of anilines is 1. The molecule has 1 fully saturated rings. The van der Waals surface area contributed by atoms with E-state index in [9.17, 15) is 13.6 Å². The summed E-state index contributed by atoms with van der Waals surface area (Å²) < 4.78 is 32.1. The van der Waals surface area contributed by atoms with Gasteiger partial charge in [-0.05, 0) is 23.8 Å². The standard InChI is InChI=1S/C19H19ClF2N2O2/c1-23(19(25)14-10-16(21)17(22)11-15(14)20)12-13-4-2-3-5-18(13)24-6-8-26-9-7-24/h2-5,10-11H,6-9,12H2,1H3. The molecule has 0 unspecified atom stereocenters. The van der Waals surface area contributed by atoms with Gasteiger partial charge >= 0.3 is 0 Å². The van der Waals surface area contributed by atoms with E-state index < -0.39 is 17.5 Å². The van der Waals surface area contributed by atoms with Crippen LogP contribution in [-0.2, 0) is 11.3 Å². The number of benzene rings is 2. The van der Waals surface area contributed by atoms with E-state index in [4.69, 9.17) is 16.3 Å². The Morgan fingerprint density at radius 1 is 1.19 bits per heavy atom. The zero-order valence-corrected chi connectivity index (χ0v) is 15.1. The highest BCUT2D eigenvalue weighted by Crippen LogP contribution is 2.25. The fourth-order valence-electron chi connectivity index (χ4n) is 2.98. The first-order valence-corrected chi connectivity index (χ1v) is 8.66. The predicted octanol–water partition coefficient (Wildman–Crippen LogP) is 3.73. The van der Waals surface area contributed by atoms with Crippen molar-refractivity contribution >= 4 is 23.2 Å². The lowest BCUT2D eigenvalue weighted by atomic mass is 10.1. The van der Waals surface area contributed by atoms with Gasteiger partial charge in [0, 0.05) is 32.4 Å². The topological polar surface area (TPSA) is 32.8 Å². The lowest BCUT2D eigenvalue weighted by Gasteiger charge is -2.31. The fourth-order valence-corrected chi connectivity index (χ4v) is 3.21. The third kappa shape index (κ3) is 3.97. The molecule has 0 radical (unpaired) electrons. The van der Waals surface area contributed by atoms with E-state index in [0.29, 0.717) is 19.8 Å². The van der Waals surface area contributed by atoms with Gasteiger partial charge in [0.15, 0.2) is 11.6 Å². The Labute approximate surface area is 155 Å². The van der Waals surface area contributed by atoms with Crippen molar-refractivity contribution in [2.24, 2.45) is 0 Å². The van der Waals surface area contributed by atoms with Crippen LogP contribution >= 0.6 is 11.6 Å². The van der Waals surface area contributed by atoms with Crippen LogP contribution in [0.3, 0.4) is 0 Å². The van der Waals surface area contributed by atoms with E-state index in [0.717, 1.165) is 36.5 Å². The third-order valence-electron chi connectivity index (χ3n) is 4.34. The number of carbonyl (C=O) groups excluding carboxylic acids is 1. The van der Waals surface area contributed by atoms with Crippen molar-refractivity contribution in [1.82, 2.24) is 4.90 Å². The average Bonchev–Trinajstić information content (AvgIpc) is 2.65. The van der Waals surface area contributed by atoms with Gasteiger partial charge in [-0.1, -0.05) is 29.8 Å². The number of amides is 1. The molecular weight excluding hydrogens is 362 g/mol. The van der Waals surface area contributed by atoms with E-state index in [1.807, 2.05) is 24.3 Å². The molecule has 26 heavy (non-hydrogen) atoms. The van der Waals surface area contributed by atoms with Crippen molar-refractivity contribution < 1.29 is 18.3 Å². The number of carbonyl (C=O) groups is 1. The number of morpholine rings is 1. The molecule has 2 aromatic rings. The molecule has 1 aliphatic heterocycles. The van der Waals surface area contributed by atoms with Crippen molar-refractivity contribution in [2.45, 2.75) is 6.54 Å². The maximum absolute atomic E-state index is 13.5. The normalized spacial score (nSPS) is 14.4. The van der Waals surface area contributed by atoms with Crippen LogP contribution in [-0.4, -0.2) is 44.2 Å². The number of nitrogens with zero attached hydrogens (tertiary/aromatic N) is 2. The van der Waals surface area contributed by atoms with Crippen molar-refractivity contribution in [3.8, 4) is 0 Å². The fraction of sp³-hybridized carbons (Fsp3) is 0.316. The van der Waals surface area contributed by atoms with Crippen LogP contribution in [0, 0.1) is 11.6 Å². The van der Waals surface area contributed by atoms with Gasteiger partial charge in [0.1, 0.15) is 0 Å². The molecule has 0 N–H and O–H groups in total. The van der Waals surface area contributed by atoms with Crippen molar-refractivity contribution in [1.29, 1.82) is 0 Å². The highest BCUT2D eigenvalue weighted by Gasteiger charge is 2.21. The van der Waals surface area contributed by atoms with Gasteiger partial charge in [-0.2, -0.15) is 0 Å². The molecule has 4 nitrogen and oxygen atoms in total. The maximum Gasteiger partial charge on any atom is 0.255 e. The summed E-state index contributed by atoms with van der Waals surface area (Å²) in [6.07, 6.45) is 0. The minimum absolute atomic E-state index is 0.0584. The zero-order valence-electron chi connectivity index (χ0n) is 14.3. The van der Waals surface area contributed by atoms with E-state index in [-0.39, 0.29) is 10.6 Å². The summed E-state index contributed by atoms with van der Waals surface area (Å²) in [5, 5.41) is -0.109. The van der Waals surface area contributed by atoms with Crippen LogP contribution in [0.1, 0.15) is 15.9 Å². The monoisotopic (exact) mass is 380 g/mol. The Morgan fingerprint density at radius 3 is 2.58 bits per heavy atom. The number of rotatable bonds is 4. The molecule has 0 saturated carbocycles. The van der Waals surface area contributed by atoms with Crippen molar-refractivity contribution in [3.63, 3.8) is 0 Å². The van der Waals surface area contributed by atoms with Gasteiger partial charge < -0.3 is 14.5 Å². The van der Waals surface area contributed by atoms with Gasteiger partial charge in [-0.25, -0.2) is 8.78 Å². The SMILES string of the molecule is CN(Cc1ccccc1N1CCOCC1)C(=O)c1cc(F)c(F)cc1Cl. The first-order valence-electron chi connectivity index (χ1n) is 8.28. The molecule has 3 rings (SSSR count). The molecule has 138 valence electrons. The minimum atomic E-state index is -1.10. The Bertz CT molecular complexity index is 810. The van der Waals surface area contributed by atoms with Gasteiger partial charge in [0.05, 0.1) is 23.8 Å². The van der Waals surface area contributed by atoms with Crippen LogP contribution in [0.5, 0.6) is 0 Å². The van der Waals surface area contributed by atoms with Crippen LogP contribution in [0.25, 0.3) is 0 Å². The number of halogens is 3. The second-order valence-corrected chi connectivity index (χ2v) is 6.54. The lowest BCUT2D eigenvalue weighted by molar-refractivity contribution is 0.0784. The largest absolute Gasteiger partial charge is 0.378 e. The molecule has 0 aromatic heterocycles. The summed E-state index contributed by atoms with van der Waals surface area (Å²) in [4.78, 5) is 16.3. The highest BCUT2D eigenvalue weighted by atomic mass is 35.5. The van der Waals surface area contributed by atoms with E-state index in [1.165, 1.54) is 4.90 Å². The molecule has 1 aliphatic rings. The minimum Gasteiger partial charge on any atom is -0.378 e. The molecule has 7 heteroatoms. The van der Waals surface area contributed by atoms with Crippen molar-refractivity contribution in [2.75, 3.05) is 38.3 Å². The first-order chi connectivity index (χ1) is 12.5. The Morgan fingerprint density at radius 2 is 1.85 bits per heavy atom. The molecule has 1 heterocycles. The molecule has 2 aromatic carbocycles. The summed E-state index contributed by atoms with van der Waals surface area (Å²) in [7, 11) is 1.61. The Balaban J connectivity index is 1.81. The van der Waals surface area contributed by atoms with Crippen LogP contribution < -0.4 is 4.90 Å². The van der Waals surface area contributed by atoms with Crippen LogP contribution in [0.4, 0.5) is 14.5 Å². The number of hydrogen-bond donors (Lipinski definition) is 0. The van der Waals surface area contributed by atoms with Crippen LogP contribution in [0.15, 0.2) is 36.4 Å². The number of ether oxygens (including phenoxy) is 1. The quantitative estimate of drug-likeness (QED) is 0.758. The van der Waals surface area contributed by atoms with Gasteiger partial charge in [0.25, 0.3) is 5.91 Å². The highest BCUT2D eigenvalue weighted by molar-refractivity contribution is 6.33. The molecule has 0 spiro atoms. The average molecular weight is 381 g/mol. The maximum atomic E-state index is 13.5. The first kappa shape index (κ1) is 18.6. The molecule has 0 aliphatic carbocycles. The molecule has 1 amide bonds. The van der Waals surface area contributed by atoms with E-state index in [2.05, 4.69) is 4.90 Å². The summed E-state index contributed by atoms with van der Waals surface area (Å²) in [5.74, 6) is -2.64. The Kier molecular flexibility index (Phi) is 5.74. The summed E-state index contributed by atoms with van der Waals surface area (Å²) >= 11 is 5.92. The second kappa shape index (κ2) is 8.01. The van der Waals surface area contributed by atoms with Gasteiger partial charge in [-0.15, -0.1) is 0 Å². The molecular formula is C19H19ClF2N2O2. The van der Waals surface area contributed by atoms with Gasteiger partial charge in [-0.3, -0.25) is 4.79 Å². The van der Waals surface area contributed by atoms with Crippen LogP contribution in [0.2, 0.25) is 5.02 Å². The molecule has 1 saturated heterocycles. The van der Waals surface area contributed by atoms with Gasteiger partial charge in [0.2, 0.25) is 0 Å². The number of hydrogen-bond acceptors (Lipinski definition) is 3. The molecule has 0 atom stereocenters. The molecule has 0 bridgehead atoms. The van der Waals surface area contributed by atoms with E-state index in [1.54, 1.807) is 7.05 Å². The predicted molar refractivity (Wildman–Crippen MR) is 96.6 cm³/mol. The lowest BCUT2D eigenvalue weighted by Crippen LogP contribution is -2.37. The van der Waals surface area contributed by atoms with E-state index >= 15 is 0 Å².